The third-order valence-electron chi connectivity index (χ3n) is 5.54. The molecule has 2 aromatic heterocycles. The first-order valence-electron chi connectivity index (χ1n) is 10.4. The topological polar surface area (TPSA) is 63.5 Å². The van der Waals surface area contributed by atoms with Crippen molar-refractivity contribution in [3.8, 4) is 5.75 Å². The van der Waals surface area contributed by atoms with Crippen LogP contribution < -0.4 is 4.74 Å². The number of pyridine rings is 1. The van der Waals surface area contributed by atoms with Gasteiger partial charge in [-0.25, -0.2) is 9.78 Å². The smallest absolute Gasteiger partial charge is 0.410 e. The van der Waals surface area contributed by atoms with Gasteiger partial charge in [0.25, 0.3) is 0 Å². The molecular formula is C23H27N5O2S. The SMILES string of the molecule is Cn1ccnc1C(S)c1ccc(OC(=O)N2CCN(CCc3ccccn3)CC2)cc1. The van der Waals surface area contributed by atoms with E-state index in [2.05, 4.69) is 27.5 Å². The Bertz CT molecular complexity index is 985. The number of nitrogens with zero attached hydrogens (tertiary/aromatic N) is 5. The van der Waals surface area contributed by atoms with Crippen molar-refractivity contribution < 1.29 is 9.53 Å². The van der Waals surface area contributed by atoms with Crippen molar-refractivity contribution in [3.63, 3.8) is 0 Å². The Labute approximate surface area is 188 Å². The predicted molar refractivity (Wildman–Crippen MR) is 122 cm³/mol. The Hall–Kier alpha value is -2.84. The fourth-order valence-electron chi connectivity index (χ4n) is 3.65. The first-order valence-corrected chi connectivity index (χ1v) is 11.0. The van der Waals surface area contributed by atoms with E-state index in [0.717, 1.165) is 43.1 Å². The number of aryl methyl sites for hydroxylation is 1. The molecule has 1 aliphatic heterocycles. The molecule has 162 valence electrons. The molecule has 1 amide bonds. The highest BCUT2D eigenvalue weighted by atomic mass is 32.1. The Morgan fingerprint density at radius 1 is 1.06 bits per heavy atom. The molecule has 1 saturated heterocycles. The number of amides is 1. The summed E-state index contributed by atoms with van der Waals surface area (Å²) in [6.07, 6.45) is 6.09. The van der Waals surface area contributed by atoms with Crippen molar-refractivity contribution in [2.75, 3.05) is 32.7 Å². The van der Waals surface area contributed by atoms with Crippen LogP contribution >= 0.6 is 12.6 Å². The number of benzene rings is 1. The highest BCUT2D eigenvalue weighted by Gasteiger charge is 2.22. The molecule has 7 nitrogen and oxygen atoms in total. The zero-order valence-electron chi connectivity index (χ0n) is 17.6. The van der Waals surface area contributed by atoms with Crippen LogP contribution in [0.15, 0.2) is 61.1 Å². The van der Waals surface area contributed by atoms with E-state index >= 15 is 0 Å². The average molecular weight is 438 g/mol. The summed E-state index contributed by atoms with van der Waals surface area (Å²) in [5.74, 6) is 1.40. The minimum absolute atomic E-state index is 0.135. The van der Waals surface area contributed by atoms with E-state index in [-0.39, 0.29) is 11.3 Å². The molecule has 0 spiro atoms. The number of aromatic nitrogens is 3. The summed E-state index contributed by atoms with van der Waals surface area (Å²) in [6.45, 7) is 3.95. The summed E-state index contributed by atoms with van der Waals surface area (Å²) in [4.78, 5) is 25.4. The van der Waals surface area contributed by atoms with E-state index in [9.17, 15) is 4.79 Å². The molecule has 3 aromatic rings. The molecule has 0 radical (unpaired) electrons. The molecule has 31 heavy (non-hydrogen) atoms. The van der Waals surface area contributed by atoms with Crippen LogP contribution in [0.4, 0.5) is 4.79 Å². The van der Waals surface area contributed by atoms with Crippen molar-refractivity contribution >= 4 is 18.7 Å². The number of hydrogen-bond donors (Lipinski definition) is 1. The Balaban J connectivity index is 1.25. The van der Waals surface area contributed by atoms with E-state index in [1.165, 1.54) is 0 Å². The lowest BCUT2D eigenvalue weighted by Gasteiger charge is -2.33. The van der Waals surface area contributed by atoms with Crippen molar-refractivity contribution in [2.24, 2.45) is 7.05 Å². The van der Waals surface area contributed by atoms with Gasteiger partial charge in [-0.05, 0) is 29.8 Å². The van der Waals surface area contributed by atoms with Gasteiger partial charge in [0, 0.05) is 70.5 Å². The number of carbonyl (C=O) groups is 1. The van der Waals surface area contributed by atoms with Gasteiger partial charge in [-0.1, -0.05) is 18.2 Å². The number of piperazine rings is 1. The zero-order chi connectivity index (χ0) is 21.6. The summed E-state index contributed by atoms with van der Waals surface area (Å²) in [6, 6.07) is 13.4. The van der Waals surface area contributed by atoms with Gasteiger partial charge in [0.1, 0.15) is 11.6 Å². The Morgan fingerprint density at radius 2 is 1.84 bits per heavy atom. The van der Waals surface area contributed by atoms with E-state index in [0.29, 0.717) is 18.8 Å². The second-order valence-corrected chi connectivity index (χ2v) is 8.15. The predicted octanol–water partition coefficient (Wildman–Crippen LogP) is 3.19. The van der Waals surface area contributed by atoms with Crippen LogP contribution in [0.2, 0.25) is 0 Å². The zero-order valence-corrected chi connectivity index (χ0v) is 18.5. The van der Waals surface area contributed by atoms with Gasteiger partial charge in [0.05, 0.1) is 5.25 Å². The average Bonchev–Trinajstić information content (AvgIpc) is 3.24. The molecule has 1 aromatic carbocycles. The summed E-state index contributed by atoms with van der Waals surface area (Å²) in [7, 11) is 1.94. The molecule has 1 aliphatic rings. The molecule has 0 bridgehead atoms. The maximum absolute atomic E-state index is 12.6. The highest BCUT2D eigenvalue weighted by Crippen LogP contribution is 2.28. The first-order chi connectivity index (χ1) is 15.1. The van der Waals surface area contributed by atoms with Gasteiger partial charge >= 0.3 is 6.09 Å². The van der Waals surface area contributed by atoms with Gasteiger partial charge < -0.3 is 14.2 Å². The minimum Gasteiger partial charge on any atom is -0.410 e. The van der Waals surface area contributed by atoms with Gasteiger partial charge in [-0.3, -0.25) is 9.88 Å². The van der Waals surface area contributed by atoms with E-state index < -0.39 is 0 Å². The summed E-state index contributed by atoms with van der Waals surface area (Å²) >= 11 is 4.67. The van der Waals surface area contributed by atoms with Crippen LogP contribution in [0.5, 0.6) is 5.75 Å². The molecule has 4 rings (SSSR count). The molecule has 8 heteroatoms. The number of thiol groups is 1. The third kappa shape index (κ3) is 5.45. The van der Waals surface area contributed by atoms with Crippen molar-refractivity contribution in [1.29, 1.82) is 0 Å². The normalized spacial score (nSPS) is 15.6. The second-order valence-electron chi connectivity index (χ2n) is 7.64. The van der Waals surface area contributed by atoms with Crippen molar-refractivity contribution in [1.82, 2.24) is 24.3 Å². The summed E-state index contributed by atoms with van der Waals surface area (Å²) in [5.41, 5.74) is 2.10. The number of hydrogen-bond acceptors (Lipinski definition) is 6. The largest absolute Gasteiger partial charge is 0.415 e. The second kappa shape index (κ2) is 9.98. The third-order valence-corrected chi connectivity index (χ3v) is 6.07. The molecule has 0 N–H and O–H groups in total. The van der Waals surface area contributed by atoms with Crippen LogP contribution in [0.25, 0.3) is 0 Å². The summed E-state index contributed by atoms with van der Waals surface area (Å²) < 4.78 is 7.53. The first kappa shape index (κ1) is 21.4. The van der Waals surface area contributed by atoms with Crippen molar-refractivity contribution in [2.45, 2.75) is 11.7 Å². The molecule has 1 unspecified atom stereocenters. The lowest BCUT2D eigenvalue weighted by atomic mass is 10.1. The lowest BCUT2D eigenvalue weighted by molar-refractivity contribution is 0.111. The van der Waals surface area contributed by atoms with Crippen LogP contribution in [0.3, 0.4) is 0 Å². The van der Waals surface area contributed by atoms with Gasteiger partial charge in [0.15, 0.2) is 0 Å². The molecule has 0 aliphatic carbocycles. The quantitative estimate of drug-likeness (QED) is 0.600. The summed E-state index contributed by atoms with van der Waals surface area (Å²) in [5, 5.41) is -0.135. The number of carbonyl (C=O) groups excluding carboxylic acids is 1. The van der Waals surface area contributed by atoms with Crippen LogP contribution in [-0.2, 0) is 13.5 Å². The monoisotopic (exact) mass is 437 g/mol. The van der Waals surface area contributed by atoms with Crippen molar-refractivity contribution in [3.05, 3.63) is 78.1 Å². The van der Waals surface area contributed by atoms with Crippen LogP contribution in [0.1, 0.15) is 22.3 Å². The standard InChI is InChI=1S/C23H27N5O2S/c1-26-13-11-25-22(26)21(31)18-5-7-20(8-6-18)30-23(29)28-16-14-27(15-17-28)12-9-19-4-2-3-10-24-19/h2-8,10-11,13,21,31H,9,12,14-17H2,1H3. The Kier molecular flexibility index (Phi) is 6.89. The number of rotatable bonds is 6. The van der Waals surface area contributed by atoms with E-state index in [1.807, 2.05) is 66.5 Å². The molecular weight excluding hydrogens is 410 g/mol. The van der Waals surface area contributed by atoms with Crippen LogP contribution in [0, 0.1) is 0 Å². The fraction of sp³-hybridized carbons (Fsp3) is 0.348. The van der Waals surface area contributed by atoms with E-state index in [1.54, 1.807) is 11.1 Å². The minimum atomic E-state index is -0.302. The molecule has 3 heterocycles. The molecule has 1 fully saturated rings. The highest BCUT2D eigenvalue weighted by molar-refractivity contribution is 7.80. The number of imidazole rings is 1. The Morgan fingerprint density at radius 3 is 2.48 bits per heavy atom. The van der Waals surface area contributed by atoms with Gasteiger partial charge in [-0.15, -0.1) is 0 Å². The van der Waals surface area contributed by atoms with Gasteiger partial charge in [-0.2, -0.15) is 12.6 Å². The number of ether oxygens (including phenoxy) is 1. The fourth-order valence-corrected chi connectivity index (χ4v) is 4.07. The van der Waals surface area contributed by atoms with E-state index in [4.69, 9.17) is 4.74 Å². The molecule has 1 atom stereocenters. The molecule has 0 saturated carbocycles. The maximum atomic E-state index is 12.6. The lowest BCUT2D eigenvalue weighted by Crippen LogP contribution is -2.49. The van der Waals surface area contributed by atoms with Gasteiger partial charge in [0.2, 0.25) is 0 Å². The van der Waals surface area contributed by atoms with Crippen LogP contribution in [-0.4, -0.2) is 63.2 Å². The maximum Gasteiger partial charge on any atom is 0.415 e.